The molecule has 28 heavy (non-hydrogen) atoms. The van der Waals surface area contributed by atoms with Crippen molar-refractivity contribution in [3.8, 4) is 0 Å². The molecule has 4 aliphatic rings. The number of thioether (sulfide) groups is 1. The number of aliphatic hydroxyl groups excluding tert-OH is 1. The van der Waals surface area contributed by atoms with E-state index in [0.717, 1.165) is 5.57 Å². The van der Waals surface area contributed by atoms with Crippen LogP contribution in [0.3, 0.4) is 0 Å². The Morgan fingerprint density at radius 3 is 2.71 bits per heavy atom. The fourth-order valence-corrected chi connectivity index (χ4v) is 8.36. The van der Waals surface area contributed by atoms with Gasteiger partial charge in [0.25, 0.3) is 0 Å². The molecule has 5 heteroatoms. The standard InChI is InChI=1S/C23H29FO3S/c1-5-9-22(28-4)18(26)12-17-16-7-6-14-11-15(25)8-10-20(14,2)23(16,24)19(27)13-21(17,22)3/h5,8,10-11,16-17,19,27H,1,6-7,9,12-13H2,2-4H3/t16-,17-,19-,20-,21-,22-,23?/m0/s1. The van der Waals surface area contributed by atoms with Crippen molar-refractivity contribution in [2.45, 2.75) is 62.5 Å². The van der Waals surface area contributed by atoms with E-state index in [0.29, 0.717) is 25.7 Å². The summed E-state index contributed by atoms with van der Waals surface area (Å²) in [5, 5.41) is 11.3. The summed E-state index contributed by atoms with van der Waals surface area (Å²) in [4.78, 5) is 25.1. The van der Waals surface area contributed by atoms with Crippen LogP contribution in [0.2, 0.25) is 0 Å². The number of Topliss-reactive ketones (excluding diaryl/α,β-unsaturated/α-hetero) is 1. The molecule has 7 atom stereocenters. The summed E-state index contributed by atoms with van der Waals surface area (Å²) < 4.78 is 16.3. The lowest BCUT2D eigenvalue weighted by Crippen LogP contribution is -2.68. The van der Waals surface area contributed by atoms with Crippen LogP contribution in [0.5, 0.6) is 0 Å². The third-order valence-corrected chi connectivity index (χ3v) is 10.1. The van der Waals surface area contributed by atoms with Gasteiger partial charge < -0.3 is 5.11 Å². The molecular weight excluding hydrogens is 375 g/mol. The zero-order chi connectivity index (χ0) is 20.5. The van der Waals surface area contributed by atoms with Gasteiger partial charge in [-0.15, -0.1) is 18.3 Å². The van der Waals surface area contributed by atoms with Crippen molar-refractivity contribution in [2.75, 3.05) is 6.26 Å². The van der Waals surface area contributed by atoms with E-state index < -0.39 is 33.3 Å². The molecule has 3 saturated carbocycles. The highest BCUT2D eigenvalue weighted by Crippen LogP contribution is 2.71. The molecular formula is C23H29FO3S. The van der Waals surface area contributed by atoms with Crippen LogP contribution in [0.25, 0.3) is 0 Å². The molecule has 3 nitrogen and oxygen atoms in total. The first-order valence-corrected chi connectivity index (χ1v) is 11.3. The lowest BCUT2D eigenvalue weighted by atomic mass is 9.45. The van der Waals surface area contributed by atoms with Crippen molar-refractivity contribution < 1.29 is 19.1 Å². The van der Waals surface area contributed by atoms with E-state index in [1.165, 1.54) is 17.8 Å². The Balaban J connectivity index is 1.85. The van der Waals surface area contributed by atoms with E-state index >= 15 is 4.39 Å². The third kappa shape index (κ3) is 2.10. The SMILES string of the molecule is C=CC[C@]1(SC)C(=O)C[C@H]2[C@@H]3CCC4=CC(=O)C=C[C@]4(C)C3(F)[C@@H](O)C[C@@]21C. The maximum absolute atomic E-state index is 16.9. The van der Waals surface area contributed by atoms with Crippen LogP contribution in [-0.4, -0.2) is 39.4 Å². The quantitative estimate of drug-likeness (QED) is 0.716. The van der Waals surface area contributed by atoms with Crippen LogP contribution in [0.15, 0.2) is 36.5 Å². The summed E-state index contributed by atoms with van der Waals surface area (Å²) in [6, 6.07) is 0. The Morgan fingerprint density at radius 2 is 2.07 bits per heavy atom. The van der Waals surface area contributed by atoms with E-state index in [2.05, 4.69) is 13.5 Å². The molecule has 4 rings (SSSR count). The number of aliphatic hydroxyl groups is 1. The highest BCUT2D eigenvalue weighted by Gasteiger charge is 2.74. The zero-order valence-corrected chi connectivity index (χ0v) is 17.7. The molecule has 0 spiro atoms. The normalized spacial score (nSPS) is 49.9. The number of allylic oxidation sites excluding steroid dienone is 5. The van der Waals surface area contributed by atoms with Crippen LogP contribution in [0.1, 0.15) is 46.0 Å². The Kier molecular flexibility index (Phi) is 4.41. The first kappa shape index (κ1) is 20.1. The van der Waals surface area contributed by atoms with Crippen molar-refractivity contribution in [1.29, 1.82) is 0 Å². The number of hydrogen-bond donors (Lipinski definition) is 1. The molecule has 0 radical (unpaired) electrons. The van der Waals surface area contributed by atoms with Crippen molar-refractivity contribution in [3.63, 3.8) is 0 Å². The third-order valence-electron chi connectivity index (χ3n) is 8.59. The molecule has 3 fully saturated rings. The summed E-state index contributed by atoms with van der Waals surface area (Å²) in [7, 11) is 0. The second-order valence-corrected chi connectivity index (χ2v) is 10.5. The average molecular weight is 405 g/mol. The molecule has 0 aromatic carbocycles. The van der Waals surface area contributed by atoms with Crippen LogP contribution in [0, 0.1) is 22.7 Å². The predicted molar refractivity (Wildman–Crippen MR) is 110 cm³/mol. The fraction of sp³-hybridized carbons (Fsp3) is 0.652. The van der Waals surface area contributed by atoms with Crippen LogP contribution in [-0.2, 0) is 9.59 Å². The molecule has 1 unspecified atom stereocenters. The van der Waals surface area contributed by atoms with Gasteiger partial charge in [0.05, 0.1) is 10.9 Å². The van der Waals surface area contributed by atoms with Crippen LogP contribution < -0.4 is 0 Å². The predicted octanol–water partition coefficient (Wildman–Crippen LogP) is 4.21. The summed E-state index contributed by atoms with van der Waals surface area (Å²) in [5.74, 6) is -0.493. The Morgan fingerprint density at radius 1 is 1.36 bits per heavy atom. The average Bonchev–Trinajstić information content (AvgIpc) is 2.85. The maximum atomic E-state index is 16.9. The molecule has 0 amide bonds. The molecule has 0 heterocycles. The van der Waals surface area contributed by atoms with Gasteiger partial charge in [-0.3, -0.25) is 9.59 Å². The number of carbonyl (C=O) groups is 2. The van der Waals surface area contributed by atoms with Gasteiger partial charge in [0.2, 0.25) is 0 Å². The van der Waals surface area contributed by atoms with Gasteiger partial charge in [-0.25, -0.2) is 4.39 Å². The van der Waals surface area contributed by atoms with E-state index in [-0.39, 0.29) is 23.9 Å². The van der Waals surface area contributed by atoms with Gasteiger partial charge in [0, 0.05) is 17.8 Å². The molecule has 0 aliphatic heterocycles. The second kappa shape index (κ2) is 6.15. The van der Waals surface area contributed by atoms with Crippen molar-refractivity contribution in [2.24, 2.45) is 22.7 Å². The summed E-state index contributed by atoms with van der Waals surface area (Å²) in [6.07, 6.45) is 9.49. The Labute approximate surface area is 170 Å². The molecule has 4 aliphatic carbocycles. The maximum Gasteiger partial charge on any atom is 0.178 e. The minimum absolute atomic E-state index is 0.118. The van der Waals surface area contributed by atoms with Crippen molar-refractivity contribution in [1.82, 2.24) is 0 Å². The molecule has 0 bridgehead atoms. The topological polar surface area (TPSA) is 54.4 Å². The van der Waals surface area contributed by atoms with E-state index in [9.17, 15) is 14.7 Å². The summed E-state index contributed by atoms with van der Waals surface area (Å²) >= 11 is 1.54. The smallest absolute Gasteiger partial charge is 0.178 e. The molecule has 152 valence electrons. The highest BCUT2D eigenvalue weighted by molar-refractivity contribution is 8.00. The number of alkyl halides is 1. The van der Waals surface area contributed by atoms with E-state index in [1.807, 2.05) is 13.2 Å². The van der Waals surface area contributed by atoms with Gasteiger partial charge in [-0.05, 0) is 62.3 Å². The summed E-state index contributed by atoms with van der Waals surface area (Å²) in [6.45, 7) is 7.73. The first-order chi connectivity index (χ1) is 13.1. The lowest BCUT2D eigenvalue weighted by Gasteiger charge is -2.63. The zero-order valence-electron chi connectivity index (χ0n) is 16.8. The first-order valence-electron chi connectivity index (χ1n) is 10.1. The highest BCUT2D eigenvalue weighted by atomic mass is 32.2. The minimum Gasteiger partial charge on any atom is -0.390 e. The second-order valence-electron chi connectivity index (χ2n) is 9.42. The van der Waals surface area contributed by atoms with Crippen LogP contribution in [0.4, 0.5) is 4.39 Å². The van der Waals surface area contributed by atoms with Crippen LogP contribution >= 0.6 is 11.8 Å². The fourth-order valence-electron chi connectivity index (χ4n) is 7.07. The van der Waals surface area contributed by atoms with Crippen molar-refractivity contribution >= 4 is 23.3 Å². The van der Waals surface area contributed by atoms with Gasteiger partial charge in [-0.2, -0.15) is 0 Å². The molecule has 0 aromatic heterocycles. The number of rotatable bonds is 3. The van der Waals surface area contributed by atoms with E-state index in [1.54, 1.807) is 18.2 Å². The number of fused-ring (bicyclic) bond motifs is 5. The van der Waals surface area contributed by atoms with Gasteiger partial charge in [-0.1, -0.05) is 24.6 Å². The largest absolute Gasteiger partial charge is 0.390 e. The molecule has 1 N–H and O–H groups in total. The van der Waals surface area contributed by atoms with Gasteiger partial charge >= 0.3 is 0 Å². The van der Waals surface area contributed by atoms with Crippen molar-refractivity contribution in [3.05, 3.63) is 36.5 Å². The molecule has 0 saturated heterocycles. The number of ketones is 2. The minimum atomic E-state index is -1.87. The van der Waals surface area contributed by atoms with Gasteiger partial charge in [0.15, 0.2) is 11.5 Å². The number of hydrogen-bond acceptors (Lipinski definition) is 4. The number of carbonyl (C=O) groups excluding carboxylic acids is 2. The van der Waals surface area contributed by atoms with Gasteiger partial charge in [0.1, 0.15) is 5.78 Å². The number of halogens is 1. The lowest BCUT2D eigenvalue weighted by molar-refractivity contribution is -0.192. The monoisotopic (exact) mass is 404 g/mol. The Bertz CT molecular complexity index is 819. The molecule has 0 aromatic rings. The Hall–Kier alpha value is -1.20. The summed E-state index contributed by atoms with van der Waals surface area (Å²) in [5.41, 5.74) is -2.59. The van der Waals surface area contributed by atoms with E-state index in [4.69, 9.17) is 0 Å².